The summed E-state index contributed by atoms with van der Waals surface area (Å²) in [7, 11) is 0. The molecule has 0 radical (unpaired) electrons. The predicted octanol–water partition coefficient (Wildman–Crippen LogP) is 4.37. The first-order valence-corrected chi connectivity index (χ1v) is 9.25. The van der Waals surface area contributed by atoms with E-state index in [0.717, 1.165) is 11.0 Å². The molecule has 2 aromatic rings. The molecule has 132 valence electrons. The van der Waals surface area contributed by atoms with Crippen molar-refractivity contribution >= 4 is 21.9 Å². The highest BCUT2D eigenvalue weighted by atomic mass is 79.9. The van der Waals surface area contributed by atoms with Gasteiger partial charge in [0, 0.05) is 30.0 Å². The van der Waals surface area contributed by atoms with Crippen LogP contribution in [0, 0.1) is 11.7 Å². The van der Waals surface area contributed by atoms with E-state index >= 15 is 0 Å². The summed E-state index contributed by atoms with van der Waals surface area (Å²) in [5.41, 5.74) is 1.75. The lowest BCUT2D eigenvalue weighted by molar-refractivity contribution is -0.148. The van der Waals surface area contributed by atoms with Crippen molar-refractivity contribution in [2.24, 2.45) is 5.92 Å². The van der Waals surface area contributed by atoms with E-state index in [1.165, 1.54) is 11.6 Å². The zero-order chi connectivity index (χ0) is 17.8. The minimum absolute atomic E-state index is 0.208. The van der Waals surface area contributed by atoms with Crippen LogP contribution in [0.1, 0.15) is 24.0 Å². The van der Waals surface area contributed by atoms with Crippen LogP contribution in [0.4, 0.5) is 4.39 Å². The Hall–Kier alpha value is -1.72. The number of carbonyl (C=O) groups excluding carboxylic acids is 1. The standard InChI is InChI=1S/C20H21BrFNO2/c1-2-25-20(24)18-13-23(11-14-6-4-3-5-7-14)12-17(18)16-10-15(21)8-9-19(16)22/h3-10,17-18H,2,11-13H2,1H3. The number of benzene rings is 2. The Labute approximate surface area is 155 Å². The third-order valence-electron chi connectivity index (χ3n) is 4.59. The van der Waals surface area contributed by atoms with Crippen LogP contribution in [0.25, 0.3) is 0 Å². The van der Waals surface area contributed by atoms with E-state index in [-0.39, 0.29) is 23.6 Å². The highest BCUT2D eigenvalue weighted by Gasteiger charge is 2.40. The third kappa shape index (κ3) is 4.28. The van der Waals surface area contributed by atoms with Crippen molar-refractivity contribution < 1.29 is 13.9 Å². The zero-order valence-electron chi connectivity index (χ0n) is 14.1. The van der Waals surface area contributed by atoms with Gasteiger partial charge in [0.25, 0.3) is 0 Å². The second-order valence-corrected chi connectivity index (χ2v) is 7.23. The van der Waals surface area contributed by atoms with Gasteiger partial charge >= 0.3 is 5.97 Å². The van der Waals surface area contributed by atoms with Gasteiger partial charge in [-0.3, -0.25) is 9.69 Å². The molecule has 1 saturated heterocycles. The van der Waals surface area contributed by atoms with Gasteiger partial charge in [-0.2, -0.15) is 0 Å². The fraction of sp³-hybridized carbons (Fsp3) is 0.350. The average molecular weight is 406 g/mol. The maximum atomic E-state index is 14.4. The van der Waals surface area contributed by atoms with E-state index in [1.807, 2.05) is 18.2 Å². The lowest BCUT2D eigenvalue weighted by Gasteiger charge is -2.18. The molecule has 2 unspecified atom stereocenters. The molecule has 3 nitrogen and oxygen atoms in total. The van der Waals surface area contributed by atoms with Crippen molar-refractivity contribution in [2.75, 3.05) is 19.7 Å². The fourth-order valence-corrected chi connectivity index (χ4v) is 3.84. The molecule has 0 bridgehead atoms. The molecule has 1 aliphatic rings. The van der Waals surface area contributed by atoms with Gasteiger partial charge < -0.3 is 4.74 Å². The number of hydrogen-bond acceptors (Lipinski definition) is 3. The molecule has 0 amide bonds. The maximum absolute atomic E-state index is 14.4. The molecule has 0 spiro atoms. The van der Waals surface area contributed by atoms with Gasteiger partial charge in [0.05, 0.1) is 12.5 Å². The molecule has 1 fully saturated rings. The monoisotopic (exact) mass is 405 g/mol. The number of rotatable bonds is 5. The summed E-state index contributed by atoms with van der Waals surface area (Å²) in [5.74, 6) is -1.08. The van der Waals surface area contributed by atoms with E-state index in [0.29, 0.717) is 25.3 Å². The van der Waals surface area contributed by atoms with Gasteiger partial charge in [0.15, 0.2) is 0 Å². The van der Waals surface area contributed by atoms with Crippen LogP contribution in [0.5, 0.6) is 0 Å². The molecule has 1 heterocycles. The molecule has 0 aliphatic carbocycles. The lowest BCUT2D eigenvalue weighted by Crippen LogP contribution is -2.25. The first-order chi connectivity index (χ1) is 12.1. The molecular weight excluding hydrogens is 385 g/mol. The first kappa shape index (κ1) is 18.1. The fourth-order valence-electron chi connectivity index (χ4n) is 3.46. The van der Waals surface area contributed by atoms with Crippen molar-refractivity contribution in [1.29, 1.82) is 0 Å². The Morgan fingerprint density at radius 3 is 2.72 bits per heavy atom. The molecular formula is C20H21BrFNO2. The summed E-state index contributed by atoms with van der Waals surface area (Å²) in [6.07, 6.45) is 0. The van der Waals surface area contributed by atoms with Gasteiger partial charge in [0.2, 0.25) is 0 Å². The summed E-state index contributed by atoms with van der Waals surface area (Å²) < 4.78 is 20.5. The molecule has 1 aliphatic heterocycles. The number of ether oxygens (including phenoxy) is 1. The molecule has 5 heteroatoms. The molecule has 2 aromatic carbocycles. The van der Waals surface area contributed by atoms with Crippen LogP contribution in [-0.2, 0) is 16.1 Å². The smallest absolute Gasteiger partial charge is 0.310 e. The number of carbonyl (C=O) groups is 1. The Morgan fingerprint density at radius 1 is 1.24 bits per heavy atom. The molecule has 0 N–H and O–H groups in total. The van der Waals surface area contributed by atoms with Crippen molar-refractivity contribution in [3.63, 3.8) is 0 Å². The topological polar surface area (TPSA) is 29.5 Å². The summed E-state index contributed by atoms with van der Waals surface area (Å²) in [4.78, 5) is 14.6. The van der Waals surface area contributed by atoms with E-state index in [2.05, 4.69) is 33.0 Å². The first-order valence-electron chi connectivity index (χ1n) is 8.46. The van der Waals surface area contributed by atoms with Crippen LogP contribution in [-0.4, -0.2) is 30.6 Å². The minimum Gasteiger partial charge on any atom is -0.466 e. The number of halogens is 2. The summed E-state index contributed by atoms with van der Waals surface area (Å²) >= 11 is 3.40. The zero-order valence-corrected chi connectivity index (χ0v) is 15.7. The lowest BCUT2D eigenvalue weighted by atomic mass is 9.88. The van der Waals surface area contributed by atoms with Crippen LogP contribution in [0.2, 0.25) is 0 Å². The second kappa shape index (κ2) is 8.11. The second-order valence-electron chi connectivity index (χ2n) is 6.31. The average Bonchev–Trinajstić information content (AvgIpc) is 3.02. The quantitative estimate of drug-likeness (QED) is 0.691. The molecule has 0 aromatic heterocycles. The Bertz CT molecular complexity index is 738. The van der Waals surface area contributed by atoms with Crippen molar-refractivity contribution in [3.05, 3.63) is 69.9 Å². The van der Waals surface area contributed by atoms with Gasteiger partial charge in [0.1, 0.15) is 5.82 Å². The van der Waals surface area contributed by atoms with Crippen molar-refractivity contribution in [2.45, 2.75) is 19.4 Å². The summed E-state index contributed by atoms with van der Waals surface area (Å²) in [6.45, 7) is 4.07. The number of esters is 1. The molecule has 3 rings (SSSR count). The van der Waals surface area contributed by atoms with Crippen LogP contribution < -0.4 is 0 Å². The molecule has 25 heavy (non-hydrogen) atoms. The molecule has 2 atom stereocenters. The largest absolute Gasteiger partial charge is 0.466 e. The van der Waals surface area contributed by atoms with Crippen molar-refractivity contribution in [1.82, 2.24) is 4.90 Å². The van der Waals surface area contributed by atoms with E-state index < -0.39 is 0 Å². The maximum Gasteiger partial charge on any atom is 0.310 e. The normalized spacial score (nSPS) is 20.6. The van der Waals surface area contributed by atoms with Gasteiger partial charge in [-0.05, 0) is 36.2 Å². The third-order valence-corrected chi connectivity index (χ3v) is 5.08. The highest BCUT2D eigenvalue weighted by Crippen LogP contribution is 2.36. The predicted molar refractivity (Wildman–Crippen MR) is 98.7 cm³/mol. The van der Waals surface area contributed by atoms with Crippen molar-refractivity contribution in [3.8, 4) is 0 Å². The number of hydrogen-bond donors (Lipinski definition) is 0. The van der Waals surface area contributed by atoms with Crippen LogP contribution in [0.3, 0.4) is 0 Å². The minimum atomic E-state index is -0.354. The van der Waals surface area contributed by atoms with E-state index in [9.17, 15) is 9.18 Å². The van der Waals surface area contributed by atoms with Gasteiger partial charge in [-0.15, -0.1) is 0 Å². The number of nitrogens with zero attached hydrogens (tertiary/aromatic N) is 1. The van der Waals surface area contributed by atoms with Crippen LogP contribution >= 0.6 is 15.9 Å². The van der Waals surface area contributed by atoms with E-state index in [1.54, 1.807) is 19.1 Å². The number of likely N-dealkylation sites (tertiary alicyclic amines) is 1. The van der Waals surface area contributed by atoms with Gasteiger partial charge in [-0.1, -0.05) is 46.3 Å². The Kier molecular flexibility index (Phi) is 5.86. The van der Waals surface area contributed by atoms with E-state index in [4.69, 9.17) is 4.74 Å². The Morgan fingerprint density at radius 2 is 2.00 bits per heavy atom. The summed E-state index contributed by atoms with van der Waals surface area (Å²) in [6, 6.07) is 15.0. The highest BCUT2D eigenvalue weighted by molar-refractivity contribution is 9.10. The Balaban J connectivity index is 1.85. The SMILES string of the molecule is CCOC(=O)C1CN(Cc2ccccc2)CC1c1cc(Br)ccc1F. The van der Waals surface area contributed by atoms with Crippen LogP contribution in [0.15, 0.2) is 53.0 Å². The van der Waals surface area contributed by atoms with Gasteiger partial charge in [-0.25, -0.2) is 4.39 Å². The summed E-state index contributed by atoms with van der Waals surface area (Å²) in [5, 5.41) is 0. The molecule has 0 saturated carbocycles.